The first-order valence-corrected chi connectivity index (χ1v) is 10.1. The van der Waals surface area contributed by atoms with E-state index in [2.05, 4.69) is 15.2 Å². The largest absolute Gasteiger partial charge is 0.341 e. The number of rotatable bonds is 6. The Morgan fingerprint density at radius 3 is 2.67 bits per heavy atom. The molecule has 30 heavy (non-hydrogen) atoms. The van der Waals surface area contributed by atoms with Crippen molar-refractivity contribution in [1.29, 1.82) is 0 Å². The van der Waals surface area contributed by atoms with Crippen LogP contribution in [0.15, 0.2) is 48.8 Å². The molecule has 7 nitrogen and oxygen atoms in total. The maximum absolute atomic E-state index is 12.7. The molecule has 154 valence electrons. The third-order valence-corrected chi connectivity index (χ3v) is 5.38. The van der Waals surface area contributed by atoms with E-state index in [1.807, 2.05) is 85.8 Å². The molecule has 0 N–H and O–H groups in total. The lowest BCUT2D eigenvalue weighted by Crippen LogP contribution is -2.26. The molecule has 4 aromatic rings. The summed E-state index contributed by atoms with van der Waals surface area (Å²) >= 11 is 0. The highest BCUT2D eigenvalue weighted by molar-refractivity contribution is 5.76. The van der Waals surface area contributed by atoms with E-state index in [9.17, 15) is 4.79 Å². The first-order valence-electron chi connectivity index (χ1n) is 10.1. The first kappa shape index (κ1) is 19.8. The minimum Gasteiger partial charge on any atom is -0.341 e. The zero-order valence-corrected chi connectivity index (χ0v) is 17.8. The van der Waals surface area contributed by atoms with Crippen LogP contribution in [-0.4, -0.2) is 42.2 Å². The number of hydrogen-bond acceptors (Lipinski definition) is 4. The molecule has 0 aliphatic rings. The minimum atomic E-state index is 0.0954. The maximum Gasteiger partial charge on any atom is 0.222 e. The van der Waals surface area contributed by atoms with Gasteiger partial charge in [-0.15, -0.1) is 0 Å². The fourth-order valence-corrected chi connectivity index (χ4v) is 3.75. The predicted octanol–water partition coefficient (Wildman–Crippen LogP) is 3.43. The van der Waals surface area contributed by atoms with E-state index in [0.717, 1.165) is 39.5 Å². The van der Waals surface area contributed by atoms with Crippen molar-refractivity contribution < 1.29 is 4.79 Å². The van der Waals surface area contributed by atoms with Gasteiger partial charge in [-0.25, -0.2) is 14.2 Å². The maximum atomic E-state index is 12.7. The molecule has 0 spiro atoms. The lowest BCUT2D eigenvalue weighted by molar-refractivity contribution is -0.130. The lowest BCUT2D eigenvalue weighted by Gasteiger charge is -2.17. The van der Waals surface area contributed by atoms with Crippen molar-refractivity contribution in [3.8, 4) is 5.69 Å². The molecular formula is C23H26N6O. The molecule has 7 heteroatoms. The molecule has 0 saturated heterocycles. The third-order valence-electron chi connectivity index (χ3n) is 5.38. The second-order valence-corrected chi connectivity index (χ2v) is 7.70. The number of amides is 1. The van der Waals surface area contributed by atoms with Gasteiger partial charge >= 0.3 is 0 Å². The van der Waals surface area contributed by atoms with Gasteiger partial charge in [-0.2, -0.15) is 10.2 Å². The summed E-state index contributed by atoms with van der Waals surface area (Å²) in [5.74, 6) is 0.0954. The van der Waals surface area contributed by atoms with Crippen molar-refractivity contribution in [2.24, 2.45) is 0 Å². The van der Waals surface area contributed by atoms with E-state index in [-0.39, 0.29) is 5.91 Å². The summed E-state index contributed by atoms with van der Waals surface area (Å²) < 4.78 is 3.69. The summed E-state index contributed by atoms with van der Waals surface area (Å²) in [6, 6.07) is 11.9. The van der Waals surface area contributed by atoms with Gasteiger partial charge in [0.2, 0.25) is 5.91 Å². The van der Waals surface area contributed by atoms with Crippen LogP contribution in [0.3, 0.4) is 0 Å². The average molecular weight is 403 g/mol. The number of para-hydroxylation sites is 1. The number of aromatic nitrogens is 5. The van der Waals surface area contributed by atoms with Gasteiger partial charge in [0.05, 0.1) is 17.6 Å². The van der Waals surface area contributed by atoms with E-state index >= 15 is 0 Å². The normalized spacial score (nSPS) is 11.2. The van der Waals surface area contributed by atoms with Crippen molar-refractivity contribution in [3.05, 3.63) is 77.0 Å². The Bertz CT molecular complexity index is 1190. The Morgan fingerprint density at radius 2 is 1.90 bits per heavy atom. The molecule has 1 aromatic carbocycles. The van der Waals surface area contributed by atoms with E-state index in [1.54, 1.807) is 4.90 Å². The number of carbonyl (C=O) groups excluding carboxylic acids is 1. The monoisotopic (exact) mass is 402 g/mol. The minimum absolute atomic E-state index is 0.0954. The Kier molecular flexibility index (Phi) is 5.35. The van der Waals surface area contributed by atoms with Crippen LogP contribution in [-0.2, 0) is 17.8 Å². The highest BCUT2D eigenvalue weighted by Crippen LogP contribution is 2.18. The number of benzene rings is 1. The summed E-state index contributed by atoms with van der Waals surface area (Å²) in [7, 11) is 1.83. The molecule has 0 aliphatic heterocycles. The van der Waals surface area contributed by atoms with Gasteiger partial charge < -0.3 is 4.90 Å². The van der Waals surface area contributed by atoms with Crippen molar-refractivity contribution in [3.63, 3.8) is 0 Å². The van der Waals surface area contributed by atoms with Crippen LogP contribution < -0.4 is 0 Å². The van der Waals surface area contributed by atoms with Gasteiger partial charge in [-0.3, -0.25) is 4.79 Å². The van der Waals surface area contributed by atoms with Gasteiger partial charge in [0.1, 0.15) is 0 Å². The molecule has 3 heterocycles. The molecule has 0 unspecified atom stereocenters. The van der Waals surface area contributed by atoms with Gasteiger partial charge in [0.15, 0.2) is 5.65 Å². The number of hydrogen-bond donors (Lipinski definition) is 0. The summed E-state index contributed by atoms with van der Waals surface area (Å²) in [4.78, 5) is 19.1. The number of aryl methyl sites for hydroxylation is 3. The highest BCUT2D eigenvalue weighted by Gasteiger charge is 2.15. The van der Waals surface area contributed by atoms with Gasteiger partial charge in [0, 0.05) is 49.2 Å². The number of fused-ring (bicyclic) bond motifs is 1. The molecular weight excluding hydrogens is 376 g/mol. The molecule has 0 aliphatic carbocycles. The summed E-state index contributed by atoms with van der Waals surface area (Å²) in [6.45, 7) is 6.52. The molecule has 3 aromatic heterocycles. The van der Waals surface area contributed by atoms with Gasteiger partial charge in [0.25, 0.3) is 0 Å². The topological polar surface area (TPSA) is 68.3 Å². The van der Waals surface area contributed by atoms with Crippen LogP contribution in [0, 0.1) is 20.8 Å². The second-order valence-electron chi connectivity index (χ2n) is 7.70. The van der Waals surface area contributed by atoms with E-state index in [1.165, 1.54) is 0 Å². The van der Waals surface area contributed by atoms with Crippen molar-refractivity contribution in [1.82, 2.24) is 29.3 Å². The van der Waals surface area contributed by atoms with Crippen molar-refractivity contribution >= 4 is 11.6 Å². The number of carbonyl (C=O) groups is 1. The van der Waals surface area contributed by atoms with Crippen LogP contribution in [0.2, 0.25) is 0 Å². The molecule has 0 atom stereocenters. The summed E-state index contributed by atoms with van der Waals surface area (Å²) in [5.41, 5.74) is 6.88. The quantitative estimate of drug-likeness (QED) is 0.495. The Balaban J connectivity index is 1.41. The zero-order valence-electron chi connectivity index (χ0n) is 17.8. The van der Waals surface area contributed by atoms with Crippen LogP contribution in [0.5, 0.6) is 0 Å². The standard InChI is InChI=1S/C23H26N6O/c1-16-12-22-25-17(2)21(18(3)29(22)26-16)10-11-23(30)27(4)14-19-13-24-28(15-19)20-8-6-5-7-9-20/h5-9,12-13,15H,10-11,14H2,1-4H3. The third kappa shape index (κ3) is 3.96. The number of nitrogens with zero attached hydrogens (tertiary/aromatic N) is 6. The SMILES string of the molecule is Cc1cc2nc(C)c(CCC(=O)N(C)Cc3cnn(-c4ccccc4)c3)c(C)n2n1. The smallest absolute Gasteiger partial charge is 0.222 e. The van der Waals surface area contributed by atoms with Crippen molar-refractivity contribution in [2.75, 3.05) is 7.05 Å². The molecule has 0 bridgehead atoms. The fourth-order valence-electron chi connectivity index (χ4n) is 3.75. The fraction of sp³-hybridized carbons (Fsp3) is 0.304. The molecule has 1 amide bonds. The van der Waals surface area contributed by atoms with Crippen molar-refractivity contribution in [2.45, 2.75) is 40.2 Å². The molecule has 4 rings (SSSR count). The lowest BCUT2D eigenvalue weighted by atomic mass is 10.1. The first-order chi connectivity index (χ1) is 14.4. The highest BCUT2D eigenvalue weighted by atomic mass is 16.2. The van der Waals surface area contributed by atoms with Crippen LogP contribution >= 0.6 is 0 Å². The Hall–Kier alpha value is -3.48. The second kappa shape index (κ2) is 8.10. The van der Waals surface area contributed by atoms with E-state index < -0.39 is 0 Å². The van der Waals surface area contributed by atoms with E-state index in [4.69, 9.17) is 0 Å². The van der Waals surface area contributed by atoms with E-state index in [0.29, 0.717) is 19.4 Å². The summed E-state index contributed by atoms with van der Waals surface area (Å²) in [6.07, 6.45) is 4.85. The Labute approximate surface area is 176 Å². The average Bonchev–Trinajstić information content (AvgIpc) is 3.34. The summed E-state index contributed by atoms with van der Waals surface area (Å²) in [5, 5.41) is 8.92. The molecule has 0 fully saturated rings. The predicted molar refractivity (Wildman–Crippen MR) is 116 cm³/mol. The molecule has 0 saturated carbocycles. The van der Waals surface area contributed by atoms with Gasteiger partial charge in [-0.1, -0.05) is 18.2 Å². The van der Waals surface area contributed by atoms with Gasteiger partial charge in [-0.05, 0) is 44.9 Å². The van der Waals surface area contributed by atoms with Crippen LogP contribution in [0.4, 0.5) is 0 Å². The van der Waals surface area contributed by atoms with Crippen LogP contribution in [0.1, 0.15) is 34.6 Å². The zero-order chi connectivity index (χ0) is 21.3. The van der Waals surface area contributed by atoms with Crippen LogP contribution in [0.25, 0.3) is 11.3 Å². The Morgan fingerprint density at radius 1 is 1.13 bits per heavy atom. The molecule has 0 radical (unpaired) electrons.